The van der Waals surface area contributed by atoms with Gasteiger partial charge in [-0.3, -0.25) is 0 Å². The normalized spacial score (nSPS) is 10.1. The molecule has 3 heteroatoms. The molecular formula is C10H14BrNO. The highest BCUT2D eigenvalue weighted by Gasteiger charge is 2.01. The van der Waals surface area contributed by atoms with Crippen LogP contribution in [0.5, 0.6) is 5.75 Å². The summed E-state index contributed by atoms with van der Waals surface area (Å²) in [5.74, 6) is 0.933. The maximum Gasteiger partial charge on any atom is 0.123 e. The van der Waals surface area contributed by atoms with E-state index in [9.17, 15) is 0 Å². The van der Waals surface area contributed by atoms with Crippen molar-refractivity contribution in [2.24, 2.45) is 5.73 Å². The van der Waals surface area contributed by atoms with Gasteiger partial charge in [0.2, 0.25) is 0 Å². The van der Waals surface area contributed by atoms with Gasteiger partial charge in [0, 0.05) is 10.0 Å². The number of hydrogen-bond acceptors (Lipinski definition) is 2. The lowest BCUT2D eigenvalue weighted by Crippen LogP contribution is -2.06. The van der Waals surface area contributed by atoms with E-state index in [0.29, 0.717) is 13.2 Å². The summed E-state index contributed by atoms with van der Waals surface area (Å²) >= 11 is 3.45. The molecule has 0 unspecified atom stereocenters. The van der Waals surface area contributed by atoms with Crippen molar-refractivity contribution >= 4 is 15.9 Å². The van der Waals surface area contributed by atoms with Gasteiger partial charge in [0.25, 0.3) is 0 Å². The van der Waals surface area contributed by atoms with Crippen LogP contribution in [0.4, 0.5) is 0 Å². The molecule has 0 bridgehead atoms. The standard InChI is InChI=1S/C10H14BrNO/c1-8-9(11)4-2-5-10(8)13-7-3-6-12/h2,4-5H,3,6-7,12H2,1H3. The summed E-state index contributed by atoms with van der Waals surface area (Å²) in [6, 6.07) is 5.94. The van der Waals surface area contributed by atoms with Crippen LogP contribution in [-0.4, -0.2) is 13.2 Å². The first-order valence-corrected chi connectivity index (χ1v) is 5.13. The minimum absolute atomic E-state index is 0.674. The Morgan fingerprint density at radius 3 is 2.92 bits per heavy atom. The lowest BCUT2D eigenvalue weighted by atomic mass is 10.2. The molecule has 0 heterocycles. The van der Waals surface area contributed by atoms with Crippen LogP contribution in [-0.2, 0) is 0 Å². The monoisotopic (exact) mass is 243 g/mol. The third kappa shape index (κ3) is 3.01. The highest BCUT2D eigenvalue weighted by Crippen LogP contribution is 2.25. The van der Waals surface area contributed by atoms with Gasteiger partial charge in [0.1, 0.15) is 5.75 Å². The fourth-order valence-corrected chi connectivity index (χ4v) is 1.36. The molecular weight excluding hydrogens is 230 g/mol. The average Bonchev–Trinajstić information content (AvgIpc) is 2.13. The number of rotatable bonds is 4. The summed E-state index contributed by atoms with van der Waals surface area (Å²) in [4.78, 5) is 0. The molecule has 0 aliphatic heterocycles. The Kier molecular flexibility index (Phi) is 4.25. The summed E-state index contributed by atoms with van der Waals surface area (Å²) in [5.41, 5.74) is 6.51. The topological polar surface area (TPSA) is 35.2 Å². The second kappa shape index (κ2) is 5.25. The van der Waals surface area contributed by atoms with E-state index in [1.165, 1.54) is 0 Å². The van der Waals surface area contributed by atoms with Crippen molar-refractivity contribution in [2.75, 3.05) is 13.2 Å². The highest BCUT2D eigenvalue weighted by molar-refractivity contribution is 9.10. The second-order valence-electron chi connectivity index (χ2n) is 2.85. The zero-order valence-electron chi connectivity index (χ0n) is 7.72. The molecule has 0 spiro atoms. The summed E-state index contributed by atoms with van der Waals surface area (Å²) in [5, 5.41) is 0. The lowest BCUT2D eigenvalue weighted by Gasteiger charge is -2.09. The van der Waals surface area contributed by atoms with Crippen LogP contribution in [0, 0.1) is 6.92 Å². The van der Waals surface area contributed by atoms with E-state index >= 15 is 0 Å². The maximum atomic E-state index is 5.55. The largest absolute Gasteiger partial charge is 0.493 e. The van der Waals surface area contributed by atoms with Crippen molar-refractivity contribution in [1.29, 1.82) is 0 Å². The number of hydrogen-bond donors (Lipinski definition) is 1. The van der Waals surface area contributed by atoms with Crippen molar-refractivity contribution in [3.05, 3.63) is 28.2 Å². The fraction of sp³-hybridized carbons (Fsp3) is 0.400. The molecule has 0 radical (unpaired) electrons. The number of benzene rings is 1. The zero-order chi connectivity index (χ0) is 9.68. The van der Waals surface area contributed by atoms with Gasteiger partial charge >= 0.3 is 0 Å². The van der Waals surface area contributed by atoms with Crippen molar-refractivity contribution < 1.29 is 4.74 Å². The maximum absolute atomic E-state index is 5.55. The van der Waals surface area contributed by atoms with Gasteiger partial charge in [0.05, 0.1) is 6.61 Å². The summed E-state index contributed by atoms with van der Waals surface area (Å²) in [7, 11) is 0. The second-order valence-corrected chi connectivity index (χ2v) is 3.71. The molecule has 0 amide bonds. The van der Waals surface area contributed by atoms with Crippen LogP contribution in [0.1, 0.15) is 12.0 Å². The molecule has 0 aliphatic carbocycles. The van der Waals surface area contributed by atoms with Crippen molar-refractivity contribution in [2.45, 2.75) is 13.3 Å². The fourth-order valence-electron chi connectivity index (χ4n) is 1.01. The van der Waals surface area contributed by atoms with Crippen molar-refractivity contribution in [3.8, 4) is 5.75 Å². The van der Waals surface area contributed by atoms with Gasteiger partial charge in [0.15, 0.2) is 0 Å². The average molecular weight is 244 g/mol. The number of halogens is 1. The molecule has 72 valence electrons. The molecule has 2 N–H and O–H groups in total. The Labute approximate surface area is 87.2 Å². The van der Waals surface area contributed by atoms with Crippen LogP contribution in [0.25, 0.3) is 0 Å². The third-order valence-electron chi connectivity index (χ3n) is 1.82. The van der Waals surface area contributed by atoms with E-state index in [0.717, 1.165) is 22.2 Å². The molecule has 0 aromatic heterocycles. The Morgan fingerprint density at radius 1 is 1.46 bits per heavy atom. The summed E-state index contributed by atoms with van der Waals surface area (Å²) in [6.45, 7) is 3.39. The van der Waals surface area contributed by atoms with Crippen LogP contribution < -0.4 is 10.5 Å². The van der Waals surface area contributed by atoms with Crippen LogP contribution in [0.2, 0.25) is 0 Å². The van der Waals surface area contributed by atoms with Gasteiger partial charge in [-0.25, -0.2) is 0 Å². The third-order valence-corrected chi connectivity index (χ3v) is 2.68. The van der Waals surface area contributed by atoms with E-state index in [-0.39, 0.29) is 0 Å². The Morgan fingerprint density at radius 2 is 2.23 bits per heavy atom. The Balaban J connectivity index is 2.61. The first-order chi connectivity index (χ1) is 6.25. The molecule has 1 aromatic carbocycles. The molecule has 1 rings (SSSR count). The van der Waals surface area contributed by atoms with Crippen molar-refractivity contribution in [1.82, 2.24) is 0 Å². The van der Waals surface area contributed by atoms with Gasteiger partial charge in [-0.05, 0) is 32.0 Å². The molecule has 1 aromatic rings. The SMILES string of the molecule is Cc1c(Br)cccc1OCCCN. The molecule has 0 saturated carbocycles. The van der Waals surface area contributed by atoms with Crippen LogP contribution in [0.15, 0.2) is 22.7 Å². The van der Waals surface area contributed by atoms with E-state index < -0.39 is 0 Å². The van der Waals surface area contributed by atoms with E-state index in [2.05, 4.69) is 15.9 Å². The van der Waals surface area contributed by atoms with Crippen LogP contribution >= 0.6 is 15.9 Å². The van der Waals surface area contributed by atoms with Gasteiger partial charge in [-0.15, -0.1) is 0 Å². The van der Waals surface area contributed by atoms with Gasteiger partial charge in [-0.2, -0.15) is 0 Å². The van der Waals surface area contributed by atoms with E-state index in [4.69, 9.17) is 10.5 Å². The minimum atomic E-state index is 0.674. The predicted octanol–water partition coefficient (Wildman–Crippen LogP) is 2.49. The van der Waals surface area contributed by atoms with Crippen LogP contribution in [0.3, 0.4) is 0 Å². The predicted molar refractivity (Wildman–Crippen MR) is 58.0 cm³/mol. The Bertz CT molecular complexity index is 276. The molecule has 0 atom stereocenters. The van der Waals surface area contributed by atoms with E-state index in [1.807, 2.05) is 25.1 Å². The zero-order valence-corrected chi connectivity index (χ0v) is 9.30. The first-order valence-electron chi connectivity index (χ1n) is 4.33. The lowest BCUT2D eigenvalue weighted by molar-refractivity contribution is 0.311. The molecule has 2 nitrogen and oxygen atoms in total. The smallest absolute Gasteiger partial charge is 0.123 e. The van der Waals surface area contributed by atoms with Gasteiger partial charge in [-0.1, -0.05) is 22.0 Å². The summed E-state index contributed by atoms with van der Waals surface area (Å²) < 4.78 is 6.63. The number of ether oxygens (including phenoxy) is 1. The molecule has 0 aliphatic rings. The first kappa shape index (κ1) is 10.5. The number of nitrogens with two attached hydrogens (primary N) is 1. The molecule has 0 saturated heterocycles. The highest BCUT2D eigenvalue weighted by atomic mass is 79.9. The molecule has 0 fully saturated rings. The Hall–Kier alpha value is -0.540. The summed E-state index contributed by atoms with van der Waals surface area (Å²) in [6.07, 6.45) is 0.895. The van der Waals surface area contributed by atoms with Crippen molar-refractivity contribution in [3.63, 3.8) is 0 Å². The minimum Gasteiger partial charge on any atom is -0.493 e. The quantitative estimate of drug-likeness (QED) is 0.826. The van der Waals surface area contributed by atoms with E-state index in [1.54, 1.807) is 0 Å². The van der Waals surface area contributed by atoms with Gasteiger partial charge < -0.3 is 10.5 Å². The molecule has 13 heavy (non-hydrogen) atoms.